The molecule has 0 fully saturated rings. The molecule has 0 aliphatic rings. The standard InChI is InChI=1S/C9H7F4NOS2/c1-16-17-14(8(10)15)7-4-2-6(3-5-7)9(11,12)13/h2-5H,1H3. The summed E-state index contributed by atoms with van der Waals surface area (Å²) in [6, 6.07) is 3.69. The second-order valence-electron chi connectivity index (χ2n) is 2.83. The monoisotopic (exact) mass is 285 g/mol. The number of alkyl halides is 3. The van der Waals surface area contributed by atoms with Crippen molar-refractivity contribution < 1.29 is 22.4 Å². The molecule has 0 saturated heterocycles. The predicted molar refractivity (Wildman–Crippen MR) is 61.5 cm³/mol. The number of halogens is 4. The molecule has 8 heteroatoms. The van der Waals surface area contributed by atoms with Gasteiger partial charge in [0, 0.05) is 11.0 Å². The molecule has 0 aliphatic heterocycles. The van der Waals surface area contributed by atoms with Crippen molar-refractivity contribution in [2.24, 2.45) is 0 Å². The molecule has 0 heterocycles. The molecule has 0 radical (unpaired) electrons. The van der Waals surface area contributed by atoms with Crippen LogP contribution in [0.2, 0.25) is 0 Å². The second kappa shape index (κ2) is 5.63. The maximum Gasteiger partial charge on any atom is 0.416 e. The first-order valence-corrected chi connectivity index (χ1v) is 6.75. The highest BCUT2D eigenvalue weighted by Gasteiger charge is 2.30. The van der Waals surface area contributed by atoms with Crippen LogP contribution in [0.5, 0.6) is 0 Å². The van der Waals surface area contributed by atoms with E-state index in [2.05, 4.69) is 0 Å². The van der Waals surface area contributed by atoms with Crippen LogP contribution >= 0.6 is 21.8 Å². The van der Waals surface area contributed by atoms with Crippen LogP contribution in [0.1, 0.15) is 5.56 Å². The summed E-state index contributed by atoms with van der Waals surface area (Å²) >= 11 is 0. The van der Waals surface area contributed by atoms with Gasteiger partial charge in [-0.25, -0.2) is 9.10 Å². The van der Waals surface area contributed by atoms with Crippen LogP contribution in [0.3, 0.4) is 0 Å². The van der Waals surface area contributed by atoms with Crippen LogP contribution in [0.15, 0.2) is 24.3 Å². The van der Waals surface area contributed by atoms with E-state index in [9.17, 15) is 22.4 Å². The Hall–Kier alpha value is -0.890. The topological polar surface area (TPSA) is 20.3 Å². The van der Waals surface area contributed by atoms with E-state index in [1.165, 1.54) is 0 Å². The Balaban J connectivity index is 2.96. The van der Waals surface area contributed by atoms with E-state index in [1.54, 1.807) is 6.26 Å². The van der Waals surface area contributed by atoms with Crippen LogP contribution in [0.4, 0.5) is 28.0 Å². The van der Waals surface area contributed by atoms with E-state index in [0.29, 0.717) is 4.31 Å². The third-order valence-electron chi connectivity index (χ3n) is 1.74. The molecular weight excluding hydrogens is 278 g/mol. The van der Waals surface area contributed by atoms with Gasteiger partial charge in [-0.3, -0.25) is 0 Å². The van der Waals surface area contributed by atoms with Crippen molar-refractivity contribution in [3.8, 4) is 0 Å². The van der Waals surface area contributed by atoms with Gasteiger partial charge in [0.05, 0.1) is 11.3 Å². The molecule has 0 spiro atoms. The number of amides is 1. The van der Waals surface area contributed by atoms with Gasteiger partial charge < -0.3 is 0 Å². The van der Waals surface area contributed by atoms with Gasteiger partial charge in [0.2, 0.25) is 0 Å². The molecule has 1 rings (SSSR count). The molecule has 2 nitrogen and oxygen atoms in total. The molecule has 1 aromatic rings. The number of carbonyl (C=O) groups is 1. The summed E-state index contributed by atoms with van der Waals surface area (Å²) in [5.41, 5.74) is -0.786. The van der Waals surface area contributed by atoms with Gasteiger partial charge >= 0.3 is 12.3 Å². The molecule has 0 saturated carbocycles. The molecule has 1 amide bonds. The molecule has 0 aromatic heterocycles. The molecule has 0 N–H and O–H groups in total. The Bertz CT molecular complexity index is 393. The van der Waals surface area contributed by atoms with Gasteiger partial charge in [-0.15, -0.1) is 4.39 Å². The molecule has 0 atom stereocenters. The van der Waals surface area contributed by atoms with Crippen LogP contribution in [-0.4, -0.2) is 12.4 Å². The van der Waals surface area contributed by atoms with Gasteiger partial charge in [-0.05, 0) is 30.5 Å². The smallest absolute Gasteiger partial charge is 0.233 e. The fourth-order valence-electron chi connectivity index (χ4n) is 1.03. The summed E-state index contributed by atoms with van der Waals surface area (Å²) < 4.78 is 50.1. The number of carbonyl (C=O) groups excluding carboxylic acids is 1. The summed E-state index contributed by atoms with van der Waals surface area (Å²) in [4.78, 5) is 10.6. The summed E-state index contributed by atoms with van der Waals surface area (Å²) in [7, 11) is 1.90. The van der Waals surface area contributed by atoms with E-state index in [-0.39, 0.29) is 5.69 Å². The number of hydrogen-bond acceptors (Lipinski definition) is 3. The van der Waals surface area contributed by atoms with Crippen LogP contribution in [0, 0.1) is 0 Å². The van der Waals surface area contributed by atoms with Gasteiger partial charge in [-0.2, -0.15) is 13.2 Å². The number of nitrogens with zero attached hydrogens (tertiary/aromatic N) is 1. The lowest BCUT2D eigenvalue weighted by Crippen LogP contribution is -2.16. The van der Waals surface area contributed by atoms with E-state index in [0.717, 1.165) is 46.0 Å². The van der Waals surface area contributed by atoms with E-state index in [4.69, 9.17) is 0 Å². The summed E-state index contributed by atoms with van der Waals surface area (Å²) in [6.45, 7) is 0. The van der Waals surface area contributed by atoms with E-state index >= 15 is 0 Å². The second-order valence-corrected chi connectivity index (χ2v) is 5.13. The van der Waals surface area contributed by atoms with Crippen LogP contribution < -0.4 is 4.31 Å². The summed E-state index contributed by atoms with van der Waals surface area (Å²) in [5.74, 6) is 0. The third kappa shape index (κ3) is 3.81. The SMILES string of the molecule is CSSN(C(=O)F)c1ccc(C(F)(F)F)cc1. The van der Waals surface area contributed by atoms with Gasteiger partial charge in [0.15, 0.2) is 0 Å². The van der Waals surface area contributed by atoms with Gasteiger partial charge in [0.25, 0.3) is 0 Å². The number of hydrogen-bond donors (Lipinski definition) is 0. The van der Waals surface area contributed by atoms with E-state index < -0.39 is 17.9 Å². The van der Waals surface area contributed by atoms with Crippen molar-refractivity contribution in [1.29, 1.82) is 0 Å². The largest absolute Gasteiger partial charge is 0.416 e. The minimum atomic E-state index is -4.45. The van der Waals surface area contributed by atoms with Crippen molar-refractivity contribution >= 4 is 33.6 Å². The highest BCUT2D eigenvalue weighted by atomic mass is 33.1. The third-order valence-corrected chi connectivity index (χ3v) is 3.28. The average Bonchev–Trinajstić information content (AvgIpc) is 2.24. The number of anilines is 1. The predicted octanol–water partition coefficient (Wildman–Crippen LogP) is 4.53. The van der Waals surface area contributed by atoms with Crippen molar-refractivity contribution in [2.45, 2.75) is 6.18 Å². The Kier molecular flexibility index (Phi) is 4.70. The maximum absolute atomic E-state index is 12.6. The first-order valence-electron chi connectivity index (χ1n) is 4.24. The summed E-state index contributed by atoms with van der Waals surface area (Å²) in [6.07, 6.45) is -4.57. The molecule has 1 aromatic carbocycles. The average molecular weight is 285 g/mol. The quantitative estimate of drug-likeness (QED) is 0.267. The molecule has 0 aliphatic carbocycles. The van der Waals surface area contributed by atoms with Crippen LogP contribution in [-0.2, 0) is 6.18 Å². The molecular formula is C9H7F4NOS2. The fraction of sp³-hybridized carbons (Fsp3) is 0.222. The van der Waals surface area contributed by atoms with Gasteiger partial charge in [0.1, 0.15) is 0 Å². The Morgan fingerprint density at radius 2 is 1.76 bits per heavy atom. The minimum Gasteiger partial charge on any atom is -0.233 e. The number of benzene rings is 1. The van der Waals surface area contributed by atoms with Crippen molar-refractivity contribution in [3.63, 3.8) is 0 Å². The zero-order valence-electron chi connectivity index (χ0n) is 8.49. The minimum absolute atomic E-state index is 0.0600. The molecule has 0 unspecified atom stereocenters. The molecule has 0 bridgehead atoms. The normalized spacial score (nSPS) is 11.4. The lowest BCUT2D eigenvalue weighted by molar-refractivity contribution is -0.137. The van der Waals surface area contributed by atoms with E-state index in [1.807, 2.05) is 0 Å². The van der Waals surface area contributed by atoms with Crippen molar-refractivity contribution in [2.75, 3.05) is 10.6 Å². The van der Waals surface area contributed by atoms with Crippen LogP contribution in [0.25, 0.3) is 0 Å². The lowest BCUT2D eigenvalue weighted by atomic mass is 10.2. The number of rotatable bonds is 3. The highest BCUT2D eigenvalue weighted by Crippen LogP contribution is 2.34. The summed E-state index contributed by atoms with van der Waals surface area (Å²) in [5, 5.41) is 0. The zero-order valence-corrected chi connectivity index (χ0v) is 10.1. The lowest BCUT2D eigenvalue weighted by Gasteiger charge is -2.16. The first kappa shape index (κ1) is 14.2. The highest BCUT2D eigenvalue weighted by molar-refractivity contribution is 8.77. The van der Waals surface area contributed by atoms with Crippen molar-refractivity contribution in [1.82, 2.24) is 0 Å². The zero-order chi connectivity index (χ0) is 13.1. The Morgan fingerprint density at radius 1 is 1.24 bits per heavy atom. The van der Waals surface area contributed by atoms with Crippen molar-refractivity contribution in [3.05, 3.63) is 29.8 Å². The Morgan fingerprint density at radius 3 is 2.12 bits per heavy atom. The fourth-order valence-corrected chi connectivity index (χ4v) is 2.33. The molecule has 94 valence electrons. The first-order chi connectivity index (χ1) is 7.86. The molecule has 17 heavy (non-hydrogen) atoms. The van der Waals surface area contributed by atoms with Gasteiger partial charge in [-0.1, -0.05) is 10.8 Å². The maximum atomic E-state index is 12.6. The Labute approximate surface area is 103 Å².